The lowest BCUT2D eigenvalue weighted by molar-refractivity contribution is -0.139. The van der Waals surface area contributed by atoms with Crippen LogP contribution in [0.5, 0.6) is 0 Å². The van der Waals surface area contributed by atoms with E-state index in [9.17, 15) is 19.2 Å². The summed E-state index contributed by atoms with van der Waals surface area (Å²) in [6.45, 7) is 5.92. The predicted octanol–water partition coefficient (Wildman–Crippen LogP) is 1.63. The number of carbonyl (C=O) groups excluding carboxylic acids is 3. The van der Waals surface area contributed by atoms with E-state index in [4.69, 9.17) is 19.6 Å². The molecule has 0 spiro atoms. The van der Waals surface area contributed by atoms with Crippen LogP contribution in [0.15, 0.2) is 18.3 Å². The highest BCUT2D eigenvalue weighted by Gasteiger charge is 2.33. The Morgan fingerprint density at radius 2 is 1.74 bits per heavy atom. The molecule has 0 saturated carbocycles. The van der Waals surface area contributed by atoms with Crippen molar-refractivity contribution in [2.24, 2.45) is 0 Å². The highest BCUT2D eigenvalue weighted by Crippen LogP contribution is 2.37. The molecule has 0 radical (unpaired) electrons. The zero-order valence-electron chi connectivity index (χ0n) is 27.6. The molecule has 2 aromatic rings. The van der Waals surface area contributed by atoms with Crippen LogP contribution in [0.4, 0.5) is 0 Å². The van der Waals surface area contributed by atoms with Gasteiger partial charge in [-0.3, -0.25) is 19.2 Å². The summed E-state index contributed by atoms with van der Waals surface area (Å²) in [5.74, 6) is -1.14. The van der Waals surface area contributed by atoms with Gasteiger partial charge in [0, 0.05) is 102 Å². The summed E-state index contributed by atoms with van der Waals surface area (Å²) in [6.07, 6.45) is 3.61. The van der Waals surface area contributed by atoms with Gasteiger partial charge in [0.2, 0.25) is 17.7 Å². The van der Waals surface area contributed by atoms with E-state index >= 15 is 0 Å². The second kappa shape index (κ2) is 16.8. The number of nitrogens with zero attached hydrogens (tertiary/aromatic N) is 6. The first-order valence-electron chi connectivity index (χ1n) is 16.2. The minimum absolute atomic E-state index is 0.0599. The quantitative estimate of drug-likeness (QED) is 0.259. The lowest BCUT2D eigenvalue weighted by Gasteiger charge is -2.39. The van der Waals surface area contributed by atoms with E-state index in [-0.39, 0.29) is 68.9 Å². The van der Waals surface area contributed by atoms with Crippen LogP contribution >= 0.6 is 0 Å². The van der Waals surface area contributed by atoms with Gasteiger partial charge in [-0.1, -0.05) is 0 Å². The van der Waals surface area contributed by atoms with Gasteiger partial charge in [-0.25, -0.2) is 15.0 Å². The van der Waals surface area contributed by atoms with Gasteiger partial charge in [0.15, 0.2) is 0 Å². The summed E-state index contributed by atoms with van der Waals surface area (Å²) < 4.78 is 13.1. The normalized spacial score (nSPS) is 17.7. The standard InChI is InChI=1S/C32H49N7O7/c1-23-31-25-6-5-13-34-32(25)39(26(31)22-35(3)36(23)4)16-11-28(41)37-14-9-24(10-15-37)38(29(42)8-7-27(40)33-2)17-19-46-21-20-45-18-12-30(43)44/h5-6,13,23-24H,7-12,14-22H2,1-4H3,(H,33,40)(H,43,44). The van der Waals surface area contributed by atoms with Gasteiger partial charge in [0.25, 0.3) is 0 Å². The van der Waals surface area contributed by atoms with Gasteiger partial charge in [0.1, 0.15) is 5.65 Å². The fourth-order valence-corrected chi connectivity index (χ4v) is 6.38. The van der Waals surface area contributed by atoms with Crippen LogP contribution in [-0.2, 0) is 41.7 Å². The molecule has 0 aliphatic carbocycles. The first-order valence-corrected chi connectivity index (χ1v) is 16.2. The molecule has 254 valence electrons. The molecule has 46 heavy (non-hydrogen) atoms. The van der Waals surface area contributed by atoms with E-state index in [1.807, 2.05) is 11.0 Å². The number of fused-ring (bicyclic) bond motifs is 3. The van der Waals surface area contributed by atoms with Crippen LogP contribution < -0.4 is 5.32 Å². The maximum Gasteiger partial charge on any atom is 0.305 e. The summed E-state index contributed by atoms with van der Waals surface area (Å²) in [6, 6.07) is 4.21. The Balaban J connectivity index is 1.32. The molecule has 14 heteroatoms. The van der Waals surface area contributed by atoms with Crippen molar-refractivity contribution in [1.82, 2.24) is 34.7 Å². The van der Waals surface area contributed by atoms with Gasteiger partial charge >= 0.3 is 5.97 Å². The topological polar surface area (TPSA) is 150 Å². The van der Waals surface area contributed by atoms with E-state index in [0.717, 1.165) is 17.6 Å². The number of carboxylic acid groups (broad SMARTS) is 1. The third kappa shape index (κ3) is 8.81. The monoisotopic (exact) mass is 643 g/mol. The number of hydrazine groups is 1. The van der Waals surface area contributed by atoms with Crippen molar-refractivity contribution in [1.29, 1.82) is 0 Å². The highest BCUT2D eigenvalue weighted by molar-refractivity contribution is 5.84. The molecule has 0 bridgehead atoms. The second-order valence-corrected chi connectivity index (χ2v) is 11.9. The Kier molecular flexibility index (Phi) is 12.9. The maximum atomic E-state index is 13.4. The van der Waals surface area contributed by atoms with Crippen molar-refractivity contribution < 1.29 is 33.8 Å². The fraction of sp³-hybridized carbons (Fsp3) is 0.656. The minimum atomic E-state index is -0.916. The molecule has 2 aliphatic heterocycles. The number of aromatic nitrogens is 2. The van der Waals surface area contributed by atoms with Gasteiger partial charge in [-0.05, 0) is 31.9 Å². The molecule has 14 nitrogen and oxygen atoms in total. The first kappa shape index (κ1) is 35.3. The van der Waals surface area contributed by atoms with Crippen molar-refractivity contribution in [3.63, 3.8) is 0 Å². The Morgan fingerprint density at radius 3 is 2.43 bits per heavy atom. The van der Waals surface area contributed by atoms with Crippen molar-refractivity contribution in [2.45, 2.75) is 70.6 Å². The zero-order valence-corrected chi connectivity index (χ0v) is 27.6. The summed E-state index contributed by atoms with van der Waals surface area (Å²) in [5.41, 5.74) is 3.38. The number of ether oxygens (including phenoxy) is 2. The second-order valence-electron chi connectivity index (χ2n) is 11.9. The fourth-order valence-electron chi connectivity index (χ4n) is 6.38. The Labute approximate surface area is 270 Å². The largest absolute Gasteiger partial charge is 0.481 e. The zero-order chi connectivity index (χ0) is 33.2. The Bertz CT molecular complexity index is 1360. The van der Waals surface area contributed by atoms with Gasteiger partial charge in [0.05, 0.1) is 39.4 Å². The number of piperidine rings is 1. The number of aliphatic carboxylic acids is 1. The molecule has 2 aliphatic rings. The molecule has 4 rings (SSSR count). The summed E-state index contributed by atoms with van der Waals surface area (Å²) in [4.78, 5) is 57.4. The molecule has 2 N–H and O–H groups in total. The number of pyridine rings is 1. The van der Waals surface area contributed by atoms with Crippen molar-refractivity contribution >= 4 is 34.7 Å². The third-order valence-electron chi connectivity index (χ3n) is 9.15. The third-order valence-corrected chi connectivity index (χ3v) is 9.15. The number of amides is 3. The number of likely N-dealkylation sites (tertiary alicyclic amines) is 1. The van der Waals surface area contributed by atoms with E-state index in [2.05, 4.69) is 47.0 Å². The van der Waals surface area contributed by atoms with Crippen molar-refractivity contribution in [2.75, 3.05) is 67.2 Å². The van der Waals surface area contributed by atoms with E-state index in [1.54, 1.807) is 18.1 Å². The summed E-state index contributed by atoms with van der Waals surface area (Å²) in [7, 11) is 5.71. The number of nitrogens with one attached hydrogen (secondary N) is 1. The average Bonchev–Trinajstić information content (AvgIpc) is 3.36. The molecule has 4 heterocycles. The van der Waals surface area contributed by atoms with Crippen LogP contribution in [0.1, 0.15) is 62.7 Å². The van der Waals surface area contributed by atoms with E-state index in [0.29, 0.717) is 52.0 Å². The molecule has 2 aromatic heterocycles. The summed E-state index contributed by atoms with van der Waals surface area (Å²) in [5, 5.41) is 16.8. The number of aryl methyl sites for hydroxylation is 1. The highest BCUT2D eigenvalue weighted by atomic mass is 16.5. The Hall–Kier alpha value is -3.59. The number of carboxylic acids is 1. The molecule has 1 atom stereocenters. The first-order chi connectivity index (χ1) is 22.1. The average molecular weight is 644 g/mol. The van der Waals surface area contributed by atoms with Crippen molar-refractivity contribution in [3.8, 4) is 0 Å². The minimum Gasteiger partial charge on any atom is -0.481 e. The number of hydrogen-bond donors (Lipinski definition) is 2. The molecular weight excluding hydrogens is 594 g/mol. The van der Waals surface area contributed by atoms with E-state index in [1.165, 1.54) is 11.3 Å². The van der Waals surface area contributed by atoms with Crippen molar-refractivity contribution in [3.05, 3.63) is 29.6 Å². The van der Waals surface area contributed by atoms with Crippen LogP contribution in [0, 0.1) is 0 Å². The Morgan fingerprint density at radius 1 is 1.02 bits per heavy atom. The van der Waals surface area contributed by atoms with Gasteiger partial charge in [-0.15, -0.1) is 0 Å². The molecular formula is C32H49N7O7. The molecule has 1 fully saturated rings. The molecule has 1 saturated heterocycles. The molecule has 0 aromatic carbocycles. The SMILES string of the molecule is CNC(=O)CCC(=O)N(CCOCCOCCC(=O)O)C1CCN(C(=O)CCn2c3c(c4cccnc42)C(C)N(C)N(C)C3)CC1. The van der Waals surface area contributed by atoms with Crippen LogP contribution in [0.2, 0.25) is 0 Å². The summed E-state index contributed by atoms with van der Waals surface area (Å²) >= 11 is 0. The molecule has 3 amide bonds. The van der Waals surface area contributed by atoms with Gasteiger partial charge < -0.3 is 34.3 Å². The lowest BCUT2D eigenvalue weighted by atomic mass is 10.0. The van der Waals surface area contributed by atoms with Crippen LogP contribution in [-0.4, -0.2) is 131 Å². The number of hydrogen-bond acceptors (Lipinski definition) is 9. The van der Waals surface area contributed by atoms with Crippen LogP contribution in [0.3, 0.4) is 0 Å². The predicted molar refractivity (Wildman–Crippen MR) is 171 cm³/mol. The smallest absolute Gasteiger partial charge is 0.305 e. The van der Waals surface area contributed by atoms with Gasteiger partial charge in [-0.2, -0.15) is 0 Å². The van der Waals surface area contributed by atoms with E-state index < -0.39 is 5.97 Å². The van der Waals surface area contributed by atoms with Crippen LogP contribution in [0.25, 0.3) is 11.0 Å². The molecule has 1 unspecified atom stereocenters. The lowest BCUT2D eigenvalue weighted by Crippen LogP contribution is -2.50. The maximum absolute atomic E-state index is 13.4. The number of carbonyl (C=O) groups is 4. The number of rotatable bonds is 16.